The van der Waals surface area contributed by atoms with Gasteiger partial charge in [-0.05, 0) is 47.9 Å². The van der Waals surface area contributed by atoms with Crippen molar-refractivity contribution in [2.75, 3.05) is 0 Å². The molecule has 2 aromatic rings. The van der Waals surface area contributed by atoms with Crippen LogP contribution in [0.25, 0.3) is 0 Å². The maximum absolute atomic E-state index is 12.5. The molecule has 112 valence electrons. The zero-order chi connectivity index (χ0) is 15.6. The largest absolute Gasteiger partial charge is 0.416 e. The van der Waals surface area contributed by atoms with E-state index in [1.54, 1.807) is 18.2 Å². The third-order valence-electron chi connectivity index (χ3n) is 3.16. The van der Waals surface area contributed by atoms with Crippen molar-refractivity contribution in [1.82, 2.24) is 0 Å². The van der Waals surface area contributed by atoms with E-state index in [0.717, 1.165) is 17.7 Å². The van der Waals surface area contributed by atoms with Crippen molar-refractivity contribution in [3.05, 3.63) is 69.7 Å². The predicted molar refractivity (Wildman–Crippen MR) is 76.3 cm³/mol. The van der Waals surface area contributed by atoms with Crippen molar-refractivity contribution >= 4 is 11.6 Å². The molecule has 0 aliphatic carbocycles. The minimum atomic E-state index is -4.35. The van der Waals surface area contributed by atoms with E-state index in [0.29, 0.717) is 16.1 Å². The number of hydrogen-bond donors (Lipinski definition) is 1. The molecule has 21 heavy (non-hydrogen) atoms. The van der Waals surface area contributed by atoms with E-state index in [4.69, 9.17) is 11.6 Å². The average Bonchev–Trinajstić information content (AvgIpc) is 2.37. The summed E-state index contributed by atoms with van der Waals surface area (Å²) in [7, 11) is 0. The van der Waals surface area contributed by atoms with Gasteiger partial charge in [0, 0.05) is 11.4 Å². The molecule has 0 aliphatic rings. The van der Waals surface area contributed by atoms with Gasteiger partial charge in [0.25, 0.3) is 0 Å². The number of hydrogen-bond acceptors (Lipinski definition) is 1. The molecule has 2 aromatic carbocycles. The summed E-state index contributed by atoms with van der Waals surface area (Å²) in [6, 6.07) is 10.0. The molecule has 0 spiro atoms. The Morgan fingerprint density at radius 3 is 2.24 bits per heavy atom. The number of alkyl halides is 3. The molecule has 0 heterocycles. The Morgan fingerprint density at radius 1 is 1.10 bits per heavy atom. The first kappa shape index (κ1) is 15.9. The van der Waals surface area contributed by atoms with Crippen LogP contribution in [-0.2, 0) is 12.6 Å². The molecule has 0 aromatic heterocycles. The van der Waals surface area contributed by atoms with Crippen LogP contribution < -0.4 is 0 Å². The molecule has 5 heteroatoms. The highest BCUT2D eigenvalue weighted by Crippen LogP contribution is 2.30. The second kappa shape index (κ2) is 6.08. The Kier molecular flexibility index (Phi) is 4.59. The highest BCUT2D eigenvalue weighted by atomic mass is 35.5. The van der Waals surface area contributed by atoms with Gasteiger partial charge in [0.1, 0.15) is 0 Å². The van der Waals surface area contributed by atoms with Crippen molar-refractivity contribution in [1.29, 1.82) is 0 Å². The quantitative estimate of drug-likeness (QED) is 0.850. The molecule has 2 rings (SSSR count). The first-order valence-electron chi connectivity index (χ1n) is 6.37. The number of benzene rings is 2. The molecule has 1 atom stereocenters. The molecular weight excluding hydrogens is 301 g/mol. The van der Waals surface area contributed by atoms with Crippen LogP contribution in [0.1, 0.15) is 28.4 Å². The molecule has 0 amide bonds. The van der Waals surface area contributed by atoms with Crippen molar-refractivity contribution < 1.29 is 18.3 Å². The Bertz CT molecular complexity index is 600. The highest BCUT2D eigenvalue weighted by Gasteiger charge is 2.29. The van der Waals surface area contributed by atoms with Crippen LogP contribution in [0.15, 0.2) is 42.5 Å². The number of halogens is 4. The van der Waals surface area contributed by atoms with E-state index >= 15 is 0 Å². The van der Waals surface area contributed by atoms with Crippen LogP contribution in [0.2, 0.25) is 5.02 Å². The smallest absolute Gasteiger partial charge is 0.388 e. The van der Waals surface area contributed by atoms with E-state index in [1.807, 2.05) is 6.92 Å². The zero-order valence-corrected chi connectivity index (χ0v) is 12.0. The molecular formula is C16H14ClF3O. The standard InChI is InChI=1S/C16H14ClF3O/c1-10-6-12(9-14(17)7-10)15(21)8-11-2-4-13(5-3-11)16(18,19)20/h2-7,9,15,21H,8H2,1H3. The Hall–Kier alpha value is -1.52. The Morgan fingerprint density at radius 2 is 1.71 bits per heavy atom. The second-order valence-electron chi connectivity index (χ2n) is 4.98. The average molecular weight is 315 g/mol. The van der Waals surface area contributed by atoms with Gasteiger partial charge >= 0.3 is 6.18 Å². The summed E-state index contributed by atoms with van der Waals surface area (Å²) >= 11 is 5.93. The fourth-order valence-corrected chi connectivity index (χ4v) is 2.43. The summed E-state index contributed by atoms with van der Waals surface area (Å²) < 4.78 is 37.4. The lowest BCUT2D eigenvalue weighted by Crippen LogP contribution is -2.06. The van der Waals surface area contributed by atoms with E-state index in [1.165, 1.54) is 12.1 Å². The summed E-state index contributed by atoms with van der Waals surface area (Å²) in [5.74, 6) is 0. The number of aliphatic hydroxyl groups is 1. The van der Waals surface area contributed by atoms with E-state index in [-0.39, 0.29) is 6.42 Å². The molecule has 1 N–H and O–H groups in total. The lowest BCUT2D eigenvalue weighted by molar-refractivity contribution is -0.137. The lowest BCUT2D eigenvalue weighted by atomic mass is 9.99. The first-order valence-corrected chi connectivity index (χ1v) is 6.75. The maximum Gasteiger partial charge on any atom is 0.416 e. The SMILES string of the molecule is Cc1cc(Cl)cc(C(O)Cc2ccc(C(F)(F)F)cc2)c1. The first-order chi connectivity index (χ1) is 9.75. The van der Waals surface area contributed by atoms with Crippen LogP contribution in [0, 0.1) is 6.92 Å². The van der Waals surface area contributed by atoms with Gasteiger partial charge in [-0.2, -0.15) is 13.2 Å². The lowest BCUT2D eigenvalue weighted by Gasteiger charge is -2.13. The van der Waals surface area contributed by atoms with E-state index in [2.05, 4.69) is 0 Å². The maximum atomic E-state index is 12.5. The monoisotopic (exact) mass is 314 g/mol. The minimum Gasteiger partial charge on any atom is -0.388 e. The van der Waals surface area contributed by atoms with Crippen LogP contribution >= 0.6 is 11.6 Å². The van der Waals surface area contributed by atoms with Gasteiger partial charge < -0.3 is 5.11 Å². The summed E-state index contributed by atoms with van der Waals surface area (Å²) in [6.07, 6.45) is -4.92. The van der Waals surface area contributed by atoms with Crippen LogP contribution in [0.3, 0.4) is 0 Å². The van der Waals surface area contributed by atoms with Gasteiger partial charge in [0.15, 0.2) is 0 Å². The van der Waals surface area contributed by atoms with Gasteiger partial charge in [-0.25, -0.2) is 0 Å². The zero-order valence-electron chi connectivity index (χ0n) is 11.3. The Balaban J connectivity index is 2.14. The topological polar surface area (TPSA) is 20.2 Å². The summed E-state index contributed by atoms with van der Waals surface area (Å²) in [5, 5.41) is 10.7. The third kappa shape index (κ3) is 4.22. The van der Waals surface area contributed by atoms with Crippen molar-refractivity contribution in [3.8, 4) is 0 Å². The van der Waals surface area contributed by atoms with Crippen molar-refractivity contribution in [2.24, 2.45) is 0 Å². The minimum absolute atomic E-state index is 0.234. The summed E-state index contributed by atoms with van der Waals surface area (Å²) in [5.41, 5.74) is 1.51. The molecule has 0 bridgehead atoms. The van der Waals surface area contributed by atoms with E-state index in [9.17, 15) is 18.3 Å². The molecule has 0 fully saturated rings. The molecule has 0 radical (unpaired) electrons. The molecule has 1 unspecified atom stereocenters. The van der Waals surface area contributed by atoms with Gasteiger partial charge in [-0.3, -0.25) is 0 Å². The number of aliphatic hydroxyl groups excluding tert-OH is 1. The fourth-order valence-electron chi connectivity index (χ4n) is 2.13. The van der Waals surface area contributed by atoms with Crippen molar-refractivity contribution in [2.45, 2.75) is 25.6 Å². The van der Waals surface area contributed by atoms with Crippen LogP contribution in [0.5, 0.6) is 0 Å². The molecule has 0 saturated carbocycles. The summed E-state index contributed by atoms with van der Waals surface area (Å²) in [6.45, 7) is 1.86. The normalized spacial score (nSPS) is 13.2. The molecule has 0 aliphatic heterocycles. The molecule has 0 saturated heterocycles. The third-order valence-corrected chi connectivity index (χ3v) is 3.38. The van der Waals surface area contributed by atoms with Crippen molar-refractivity contribution in [3.63, 3.8) is 0 Å². The highest BCUT2D eigenvalue weighted by molar-refractivity contribution is 6.30. The van der Waals surface area contributed by atoms with Crippen LogP contribution in [-0.4, -0.2) is 5.11 Å². The Labute approximate surface area is 126 Å². The number of aryl methyl sites for hydroxylation is 1. The van der Waals surface area contributed by atoms with Gasteiger partial charge in [0.05, 0.1) is 11.7 Å². The second-order valence-corrected chi connectivity index (χ2v) is 5.41. The molecule has 1 nitrogen and oxygen atoms in total. The van der Waals surface area contributed by atoms with Gasteiger partial charge in [-0.1, -0.05) is 29.8 Å². The van der Waals surface area contributed by atoms with Gasteiger partial charge in [0.2, 0.25) is 0 Å². The van der Waals surface area contributed by atoms with E-state index < -0.39 is 17.8 Å². The van der Waals surface area contributed by atoms with Crippen LogP contribution in [0.4, 0.5) is 13.2 Å². The van der Waals surface area contributed by atoms with Gasteiger partial charge in [-0.15, -0.1) is 0 Å². The predicted octanol–water partition coefficient (Wildman–Crippen LogP) is 4.94. The number of rotatable bonds is 3. The fraction of sp³-hybridized carbons (Fsp3) is 0.250. The summed E-state index contributed by atoms with van der Waals surface area (Å²) in [4.78, 5) is 0.